The molecule has 198 valence electrons. The Morgan fingerprint density at radius 1 is 0.973 bits per heavy atom. The number of nitrogen functional groups attached to an aromatic ring is 1. The summed E-state index contributed by atoms with van der Waals surface area (Å²) < 4.78 is 36.2. The maximum Gasteiger partial charge on any atom is 0.490 e. The van der Waals surface area contributed by atoms with Crippen molar-refractivity contribution in [1.29, 1.82) is 5.41 Å². The number of hydrogen-bond donors (Lipinski definition) is 6. The lowest BCUT2D eigenvalue weighted by atomic mass is 10.1. The number of nitrogens with one attached hydrogen (secondary N) is 3. The number of hydrogen-bond acceptors (Lipinski definition) is 7. The number of aliphatic carboxylic acids is 2. The molecule has 0 aliphatic rings. The first kappa shape index (κ1) is 30.1. The van der Waals surface area contributed by atoms with Gasteiger partial charge in [0.15, 0.2) is 0 Å². The van der Waals surface area contributed by atoms with Crippen LogP contribution in [0.5, 0.6) is 0 Å². The lowest BCUT2D eigenvalue weighted by Crippen LogP contribution is -2.42. The number of alkyl halides is 3. The molecule has 0 radical (unpaired) electrons. The van der Waals surface area contributed by atoms with Crippen LogP contribution < -0.4 is 16.4 Å². The Hall–Kier alpha value is -4.95. The van der Waals surface area contributed by atoms with Crippen LogP contribution >= 0.6 is 0 Å². The first-order chi connectivity index (χ1) is 17.1. The highest BCUT2D eigenvalue weighted by Gasteiger charge is 2.38. The molecule has 1 atom stereocenters. The average Bonchev–Trinajstić information content (AvgIpc) is 2.82. The molecule has 0 saturated heterocycles. The minimum Gasteiger partial charge on any atom is -0.481 e. The van der Waals surface area contributed by atoms with E-state index in [0.717, 1.165) is 7.11 Å². The first-order valence-corrected chi connectivity index (χ1v) is 9.92. The van der Waals surface area contributed by atoms with E-state index in [9.17, 15) is 32.3 Å². The number of amides is 2. The molecule has 0 saturated carbocycles. The summed E-state index contributed by atoms with van der Waals surface area (Å²) in [6, 6.07) is 10.7. The van der Waals surface area contributed by atoms with Gasteiger partial charge in [-0.1, -0.05) is 18.2 Å². The van der Waals surface area contributed by atoms with E-state index in [1.165, 1.54) is 42.5 Å². The van der Waals surface area contributed by atoms with Crippen molar-refractivity contribution in [2.24, 2.45) is 5.73 Å². The second-order valence-corrected chi connectivity index (χ2v) is 6.98. The molecule has 37 heavy (non-hydrogen) atoms. The van der Waals surface area contributed by atoms with Gasteiger partial charge in [0.1, 0.15) is 11.9 Å². The molecule has 0 bridgehead atoms. The molecule has 12 nitrogen and oxygen atoms in total. The number of benzene rings is 2. The fraction of sp³-hybridized carbons (Fsp3) is 0.182. The zero-order valence-corrected chi connectivity index (χ0v) is 19.0. The number of carbonyl (C=O) groups is 5. The van der Waals surface area contributed by atoms with Gasteiger partial charge in [-0.25, -0.2) is 9.59 Å². The predicted molar refractivity (Wildman–Crippen MR) is 121 cm³/mol. The van der Waals surface area contributed by atoms with Crippen LogP contribution in [0.2, 0.25) is 0 Å². The molecular formula is C22H21F3N4O8. The van der Waals surface area contributed by atoms with Crippen molar-refractivity contribution in [1.82, 2.24) is 5.32 Å². The Morgan fingerprint density at radius 2 is 1.51 bits per heavy atom. The van der Waals surface area contributed by atoms with Gasteiger partial charge >= 0.3 is 24.1 Å². The Bertz CT molecular complexity index is 1180. The van der Waals surface area contributed by atoms with Crippen LogP contribution in [0.3, 0.4) is 0 Å². The van der Waals surface area contributed by atoms with E-state index >= 15 is 0 Å². The molecular weight excluding hydrogens is 505 g/mol. The lowest BCUT2D eigenvalue weighted by Gasteiger charge is -2.15. The number of amidine groups is 1. The van der Waals surface area contributed by atoms with Gasteiger partial charge in [0.25, 0.3) is 11.8 Å². The second kappa shape index (κ2) is 13.2. The minimum atomic E-state index is -5.08. The Morgan fingerprint density at radius 3 is 1.97 bits per heavy atom. The predicted octanol–water partition coefficient (Wildman–Crippen LogP) is 1.60. The summed E-state index contributed by atoms with van der Waals surface area (Å²) in [5.41, 5.74) is 6.61. The van der Waals surface area contributed by atoms with E-state index in [4.69, 9.17) is 26.2 Å². The number of carbonyl (C=O) groups excluding carboxylic acids is 3. The van der Waals surface area contributed by atoms with E-state index < -0.39 is 48.4 Å². The van der Waals surface area contributed by atoms with Gasteiger partial charge < -0.3 is 31.3 Å². The quantitative estimate of drug-likeness (QED) is 0.167. The van der Waals surface area contributed by atoms with Crippen LogP contribution in [0.1, 0.15) is 32.7 Å². The normalized spacial score (nSPS) is 11.1. The van der Waals surface area contributed by atoms with Crippen LogP contribution in [-0.4, -0.2) is 65.1 Å². The average molecular weight is 526 g/mol. The van der Waals surface area contributed by atoms with Gasteiger partial charge in [-0.05, 0) is 30.3 Å². The maximum atomic E-state index is 12.4. The molecule has 7 N–H and O–H groups in total. The van der Waals surface area contributed by atoms with E-state index in [1.807, 2.05) is 0 Å². The molecule has 0 fully saturated rings. The summed E-state index contributed by atoms with van der Waals surface area (Å²) in [5, 5.41) is 28.3. The zero-order chi connectivity index (χ0) is 28.3. The molecule has 0 heterocycles. The highest BCUT2D eigenvalue weighted by molar-refractivity contribution is 6.06. The van der Waals surface area contributed by atoms with Gasteiger partial charge in [-0.15, -0.1) is 0 Å². The molecule has 15 heteroatoms. The standard InChI is InChI=1S/C20H20N4O6.C2HF3O2/c1-30-20(29)15(10-16(25)26)24-19(28)13-3-2-4-14(9-13)23-18(27)12-7-5-11(6-8-12)17(21)22;3-2(4,5)1(6)7/h2-9,15H,10H2,1H3,(H3,21,22)(H,23,27)(H,24,28)(H,25,26);(H,6,7)/t15-;/m0./s1. The summed E-state index contributed by atoms with van der Waals surface area (Å²) in [6.45, 7) is 0. The van der Waals surface area contributed by atoms with Crippen molar-refractivity contribution in [3.05, 3.63) is 65.2 Å². The molecule has 2 aromatic rings. The fourth-order valence-electron chi connectivity index (χ4n) is 2.49. The van der Waals surface area contributed by atoms with Crippen LogP contribution in [0.25, 0.3) is 0 Å². The number of carboxylic acid groups (broad SMARTS) is 2. The van der Waals surface area contributed by atoms with Crippen LogP contribution in [-0.2, 0) is 19.1 Å². The Balaban J connectivity index is 0.000000856. The molecule has 2 amide bonds. The maximum absolute atomic E-state index is 12.4. The third kappa shape index (κ3) is 10.1. The largest absolute Gasteiger partial charge is 0.490 e. The number of anilines is 1. The van der Waals surface area contributed by atoms with Gasteiger partial charge in [0.2, 0.25) is 0 Å². The summed E-state index contributed by atoms with van der Waals surface area (Å²) in [6.07, 6.45) is -5.72. The smallest absolute Gasteiger partial charge is 0.481 e. The number of ether oxygens (including phenoxy) is 1. The van der Waals surface area contributed by atoms with Crippen LogP contribution in [0, 0.1) is 5.41 Å². The summed E-state index contributed by atoms with van der Waals surface area (Å²) >= 11 is 0. The topological polar surface area (TPSA) is 209 Å². The lowest BCUT2D eigenvalue weighted by molar-refractivity contribution is -0.192. The monoisotopic (exact) mass is 526 g/mol. The van der Waals surface area contributed by atoms with E-state index in [0.29, 0.717) is 16.8 Å². The first-order valence-electron chi connectivity index (χ1n) is 9.92. The number of esters is 1. The minimum absolute atomic E-state index is 0.110. The van der Waals surface area contributed by atoms with Gasteiger partial charge in [-0.3, -0.25) is 19.8 Å². The Kier molecular flexibility index (Phi) is 10.7. The highest BCUT2D eigenvalue weighted by atomic mass is 19.4. The van der Waals surface area contributed by atoms with Gasteiger partial charge in [0, 0.05) is 22.4 Å². The van der Waals surface area contributed by atoms with Crippen molar-refractivity contribution in [2.75, 3.05) is 12.4 Å². The van der Waals surface area contributed by atoms with Crippen LogP contribution in [0.15, 0.2) is 48.5 Å². The number of rotatable bonds is 8. The molecule has 0 unspecified atom stereocenters. The van der Waals surface area contributed by atoms with Gasteiger partial charge in [-0.2, -0.15) is 13.2 Å². The van der Waals surface area contributed by atoms with Gasteiger partial charge in [0.05, 0.1) is 13.5 Å². The number of methoxy groups -OCH3 is 1. The number of halogens is 3. The molecule has 2 rings (SSSR count). The van der Waals surface area contributed by atoms with Crippen molar-refractivity contribution in [3.63, 3.8) is 0 Å². The van der Waals surface area contributed by atoms with E-state index in [-0.39, 0.29) is 11.4 Å². The highest BCUT2D eigenvalue weighted by Crippen LogP contribution is 2.14. The third-order valence-corrected chi connectivity index (χ3v) is 4.25. The molecule has 0 aliphatic carbocycles. The van der Waals surface area contributed by atoms with Crippen molar-refractivity contribution < 1.29 is 52.1 Å². The summed E-state index contributed by atoms with van der Waals surface area (Å²) in [7, 11) is 1.09. The van der Waals surface area contributed by atoms with E-state index in [1.54, 1.807) is 6.07 Å². The summed E-state index contributed by atoms with van der Waals surface area (Å²) in [4.78, 5) is 56.2. The Labute approximate surface area is 206 Å². The summed E-state index contributed by atoms with van der Waals surface area (Å²) in [5.74, 6) is -6.18. The molecule has 0 aromatic heterocycles. The van der Waals surface area contributed by atoms with E-state index in [2.05, 4.69) is 15.4 Å². The van der Waals surface area contributed by atoms with Crippen molar-refractivity contribution >= 4 is 41.2 Å². The molecule has 0 spiro atoms. The second-order valence-electron chi connectivity index (χ2n) is 6.98. The van der Waals surface area contributed by atoms with Crippen molar-refractivity contribution in [2.45, 2.75) is 18.6 Å². The van der Waals surface area contributed by atoms with Crippen molar-refractivity contribution in [3.8, 4) is 0 Å². The molecule has 2 aromatic carbocycles. The zero-order valence-electron chi connectivity index (χ0n) is 19.0. The number of carboxylic acids is 2. The molecule has 0 aliphatic heterocycles. The fourth-order valence-corrected chi connectivity index (χ4v) is 2.49. The third-order valence-electron chi connectivity index (χ3n) is 4.25. The SMILES string of the molecule is COC(=O)[C@H](CC(=O)O)NC(=O)c1cccc(NC(=O)c2ccc(C(=N)N)cc2)c1.O=C(O)C(F)(F)F. The number of nitrogens with two attached hydrogens (primary N) is 1. The van der Waals surface area contributed by atoms with Crippen LogP contribution in [0.4, 0.5) is 18.9 Å².